The van der Waals surface area contributed by atoms with Gasteiger partial charge in [-0.15, -0.1) is 0 Å². The van der Waals surface area contributed by atoms with Crippen LogP contribution in [0.5, 0.6) is 11.5 Å². The molecule has 0 aliphatic carbocycles. The van der Waals surface area contributed by atoms with Crippen molar-refractivity contribution in [3.05, 3.63) is 53.9 Å². The Bertz CT molecular complexity index is 787. The lowest BCUT2D eigenvalue weighted by Gasteiger charge is -2.27. The Morgan fingerprint density at radius 1 is 1.29 bits per heavy atom. The standard InChI is InChI=1S/C22H28N2O4/c1-22(27,11-16-3-6-19(28-2)7-4-16)12-17-9-10-24(14-17)15-21(26)20-8-5-18(25)13-23-20/h3-8,13,17,25,27H,9-12,14-15H2,1-2H3. The van der Waals surface area contributed by atoms with Gasteiger partial charge in [0.25, 0.3) is 0 Å². The highest BCUT2D eigenvalue weighted by Crippen LogP contribution is 2.28. The SMILES string of the molecule is COc1ccc(CC(C)(O)CC2CCN(CC(=O)c3ccc(O)cn3)C2)cc1. The minimum absolute atomic E-state index is 0.0503. The average molecular weight is 384 g/mol. The summed E-state index contributed by atoms with van der Waals surface area (Å²) in [6.45, 7) is 3.83. The molecule has 2 N–H and O–H groups in total. The Kier molecular flexibility index (Phi) is 6.31. The molecule has 0 bridgehead atoms. The number of carbonyl (C=O) groups is 1. The van der Waals surface area contributed by atoms with Crippen LogP contribution in [-0.4, -0.2) is 58.2 Å². The van der Waals surface area contributed by atoms with Crippen LogP contribution in [0, 0.1) is 5.92 Å². The van der Waals surface area contributed by atoms with Crippen molar-refractivity contribution < 1.29 is 19.7 Å². The lowest BCUT2D eigenvalue weighted by Crippen LogP contribution is -2.32. The maximum atomic E-state index is 12.4. The number of rotatable bonds is 8. The quantitative estimate of drug-likeness (QED) is 0.681. The van der Waals surface area contributed by atoms with Gasteiger partial charge in [0.2, 0.25) is 0 Å². The number of aromatic nitrogens is 1. The number of ether oxygens (including phenoxy) is 1. The van der Waals surface area contributed by atoms with Crippen LogP contribution in [0.3, 0.4) is 0 Å². The van der Waals surface area contributed by atoms with E-state index in [1.807, 2.05) is 31.2 Å². The highest BCUT2D eigenvalue weighted by molar-refractivity contribution is 5.95. The monoisotopic (exact) mass is 384 g/mol. The van der Waals surface area contributed by atoms with Crippen molar-refractivity contribution >= 4 is 5.78 Å². The zero-order chi connectivity index (χ0) is 20.1. The zero-order valence-electron chi connectivity index (χ0n) is 16.5. The largest absolute Gasteiger partial charge is 0.506 e. The van der Waals surface area contributed by atoms with E-state index >= 15 is 0 Å². The molecule has 1 fully saturated rings. The molecule has 0 radical (unpaired) electrons. The first-order chi connectivity index (χ1) is 13.3. The van der Waals surface area contributed by atoms with E-state index in [0.717, 1.165) is 30.8 Å². The molecule has 1 aliphatic heterocycles. The molecule has 6 nitrogen and oxygen atoms in total. The van der Waals surface area contributed by atoms with Crippen LogP contribution in [-0.2, 0) is 6.42 Å². The van der Waals surface area contributed by atoms with Gasteiger partial charge in [-0.25, -0.2) is 4.98 Å². The van der Waals surface area contributed by atoms with E-state index in [-0.39, 0.29) is 11.5 Å². The van der Waals surface area contributed by atoms with Gasteiger partial charge in [0.1, 0.15) is 17.2 Å². The number of pyridine rings is 1. The zero-order valence-corrected chi connectivity index (χ0v) is 16.5. The number of ketones is 1. The van der Waals surface area contributed by atoms with Crippen molar-refractivity contribution in [2.75, 3.05) is 26.7 Å². The van der Waals surface area contributed by atoms with Gasteiger partial charge in [-0.2, -0.15) is 0 Å². The van der Waals surface area contributed by atoms with Crippen LogP contribution in [0.4, 0.5) is 0 Å². The van der Waals surface area contributed by atoms with E-state index in [9.17, 15) is 15.0 Å². The van der Waals surface area contributed by atoms with Gasteiger partial charge in [0.05, 0.1) is 25.5 Å². The summed E-state index contributed by atoms with van der Waals surface area (Å²) < 4.78 is 5.18. The lowest BCUT2D eigenvalue weighted by atomic mass is 9.86. The summed E-state index contributed by atoms with van der Waals surface area (Å²) in [5.74, 6) is 1.17. The minimum Gasteiger partial charge on any atom is -0.506 e. The number of nitrogens with zero attached hydrogens (tertiary/aromatic N) is 2. The van der Waals surface area contributed by atoms with E-state index in [4.69, 9.17) is 4.74 Å². The normalized spacial score (nSPS) is 19.3. The maximum absolute atomic E-state index is 12.4. The Hall–Kier alpha value is -2.44. The molecular weight excluding hydrogens is 356 g/mol. The smallest absolute Gasteiger partial charge is 0.195 e. The number of benzene rings is 1. The Morgan fingerprint density at radius 3 is 2.68 bits per heavy atom. The first-order valence-electron chi connectivity index (χ1n) is 9.60. The Balaban J connectivity index is 1.50. The number of hydrogen-bond acceptors (Lipinski definition) is 6. The third kappa shape index (κ3) is 5.53. The first kappa shape index (κ1) is 20.3. The van der Waals surface area contributed by atoms with E-state index in [2.05, 4.69) is 9.88 Å². The molecule has 0 amide bonds. The number of hydrogen-bond donors (Lipinski definition) is 2. The van der Waals surface area contributed by atoms with Gasteiger partial charge in [0.15, 0.2) is 5.78 Å². The van der Waals surface area contributed by atoms with E-state index in [1.54, 1.807) is 13.2 Å². The number of Topliss-reactive ketones (excluding diaryl/α,β-unsaturated/α-hetero) is 1. The Morgan fingerprint density at radius 2 is 2.04 bits per heavy atom. The number of carbonyl (C=O) groups excluding carboxylic acids is 1. The molecule has 2 atom stereocenters. The summed E-state index contributed by atoms with van der Waals surface area (Å²) in [7, 11) is 1.64. The van der Waals surface area contributed by atoms with Crippen molar-refractivity contribution in [1.82, 2.24) is 9.88 Å². The molecule has 2 heterocycles. The number of likely N-dealkylation sites (tertiary alicyclic amines) is 1. The summed E-state index contributed by atoms with van der Waals surface area (Å²) in [4.78, 5) is 18.5. The van der Waals surface area contributed by atoms with Crippen LogP contribution in [0.1, 0.15) is 35.8 Å². The fourth-order valence-electron chi connectivity index (χ4n) is 3.94. The summed E-state index contributed by atoms with van der Waals surface area (Å²) in [6.07, 6.45) is 3.54. The molecule has 0 spiro atoms. The topological polar surface area (TPSA) is 82.9 Å². The van der Waals surface area contributed by atoms with Crippen LogP contribution < -0.4 is 4.74 Å². The number of aromatic hydroxyl groups is 1. The van der Waals surface area contributed by atoms with Gasteiger partial charge in [-0.05, 0) is 62.1 Å². The van der Waals surface area contributed by atoms with Crippen molar-refractivity contribution in [1.29, 1.82) is 0 Å². The first-order valence-corrected chi connectivity index (χ1v) is 9.60. The van der Waals surface area contributed by atoms with Gasteiger partial charge in [0, 0.05) is 13.0 Å². The van der Waals surface area contributed by atoms with Crippen LogP contribution in [0.15, 0.2) is 42.6 Å². The van der Waals surface area contributed by atoms with Gasteiger partial charge in [-0.3, -0.25) is 9.69 Å². The molecule has 6 heteroatoms. The van der Waals surface area contributed by atoms with E-state index in [0.29, 0.717) is 31.0 Å². The average Bonchev–Trinajstić information content (AvgIpc) is 3.08. The van der Waals surface area contributed by atoms with E-state index in [1.165, 1.54) is 12.3 Å². The van der Waals surface area contributed by atoms with Gasteiger partial charge < -0.3 is 14.9 Å². The molecule has 3 rings (SSSR count). The highest BCUT2D eigenvalue weighted by atomic mass is 16.5. The van der Waals surface area contributed by atoms with Crippen LogP contribution >= 0.6 is 0 Å². The molecule has 28 heavy (non-hydrogen) atoms. The molecule has 0 saturated carbocycles. The summed E-state index contributed by atoms with van der Waals surface area (Å²) >= 11 is 0. The molecule has 1 aliphatic rings. The van der Waals surface area contributed by atoms with Crippen LogP contribution in [0.25, 0.3) is 0 Å². The van der Waals surface area contributed by atoms with Crippen molar-refractivity contribution in [3.8, 4) is 11.5 Å². The number of methoxy groups -OCH3 is 1. The van der Waals surface area contributed by atoms with Gasteiger partial charge >= 0.3 is 0 Å². The maximum Gasteiger partial charge on any atom is 0.195 e. The summed E-state index contributed by atoms with van der Waals surface area (Å²) in [5, 5.41) is 20.2. The summed E-state index contributed by atoms with van der Waals surface area (Å²) in [5.41, 5.74) is 0.652. The fraction of sp³-hybridized carbons (Fsp3) is 0.455. The third-order valence-corrected chi connectivity index (χ3v) is 5.24. The van der Waals surface area contributed by atoms with Crippen molar-refractivity contribution in [2.24, 2.45) is 5.92 Å². The molecule has 1 saturated heterocycles. The molecule has 2 unspecified atom stereocenters. The van der Waals surface area contributed by atoms with Crippen molar-refractivity contribution in [2.45, 2.75) is 31.8 Å². The molecular formula is C22H28N2O4. The fourth-order valence-corrected chi connectivity index (χ4v) is 3.94. The summed E-state index contributed by atoms with van der Waals surface area (Å²) in [6, 6.07) is 10.8. The van der Waals surface area contributed by atoms with Crippen LogP contribution in [0.2, 0.25) is 0 Å². The molecule has 150 valence electrons. The second-order valence-electron chi connectivity index (χ2n) is 7.94. The molecule has 2 aromatic rings. The van der Waals surface area contributed by atoms with Crippen molar-refractivity contribution in [3.63, 3.8) is 0 Å². The van der Waals surface area contributed by atoms with E-state index < -0.39 is 5.60 Å². The number of aliphatic hydroxyl groups is 1. The van der Waals surface area contributed by atoms with Gasteiger partial charge in [-0.1, -0.05) is 12.1 Å². The third-order valence-electron chi connectivity index (χ3n) is 5.24. The minimum atomic E-state index is -0.794. The predicted octanol–water partition coefficient (Wildman–Crippen LogP) is 2.68. The molecule has 1 aromatic heterocycles. The molecule has 1 aromatic carbocycles. The second kappa shape index (κ2) is 8.71. The Labute approximate surface area is 165 Å². The highest BCUT2D eigenvalue weighted by Gasteiger charge is 2.31. The second-order valence-corrected chi connectivity index (χ2v) is 7.94. The predicted molar refractivity (Wildman–Crippen MR) is 107 cm³/mol. The lowest BCUT2D eigenvalue weighted by molar-refractivity contribution is 0.0351.